The summed E-state index contributed by atoms with van der Waals surface area (Å²) in [4.78, 5) is 24.9. The Bertz CT molecular complexity index is 637. The molecule has 6 heteroatoms. The largest absolute Gasteiger partial charge is 0.351 e. The summed E-state index contributed by atoms with van der Waals surface area (Å²) < 4.78 is 1.55. The number of amides is 2. The number of carbonyl (C=O) groups is 2. The number of rotatable bonds is 35. The van der Waals surface area contributed by atoms with E-state index in [9.17, 15) is 9.59 Å². The highest BCUT2D eigenvalue weighted by molar-refractivity contribution is 5.77. The smallest absolute Gasteiger partial charge is 0.275 e. The van der Waals surface area contributed by atoms with Gasteiger partial charge in [0.1, 0.15) is 0 Å². The fourth-order valence-corrected chi connectivity index (χ4v) is 6.51. The number of hydrogen-bond acceptors (Lipinski definition) is 2. The molecule has 0 atom stereocenters. The minimum absolute atomic E-state index is 0.203. The molecule has 0 spiro atoms. The number of nitrogens with zero attached hydrogens (tertiary/aromatic N) is 2. The van der Waals surface area contributed by atoms with Crippen molar-refractivity contribution in [3.05, 3.63) is 0 Å². The zero-order chi connectivity index (χ0) is 34.2. The maximum absolute atomic E-state index is 12.5. The molecule has 0 aromatic rings. The Kier molecular flexibility index (Phi) is 30.4. The van der Waals surface area contributed by atoms with Crippen molar-refractivity contribution in [3.8, 4) is 0 Å². The van der Waals surface area contributed by atoms with Gasteiger partial charge < -0.3 is 19.6 Å². The Morgan fingerprint density at radius 1 is 0.370 bits per heavy atom. The Morgan fingerprint density at radius 2 is 0.609 bits per heavy atom. The summed E-state index contributed by atoms with van der Waals surface area (Å²) in [5.74, 6) is 0.406. The summed E-state index contributed by atoms with van der Waals surface area (Å²) in [7, 11) is 8.75. The van der Waals surface area contributed by atoms with Crippen LogP contribution in [0, 0.1) is 0 Å². The number of carbonyl (C=O) groups excluding carboxylic acids is 2. The van der Waals surface area contributed by atoms with Gasteiger partial charge in [0.25, 0.3) is 11.8 Å². The molecular formula is C40H84N4O2+2. The van der Waals surface area contributed by atoms with Crippen LogP contribution in [-0.4, -0.2) is 88.2 Å². The third-order valence-electron chi connectivity index (χ3n) is 9.63. The van der Waals surface area contributed by atoms with Gasteiger partial charge in [-0.2, -0.15) is 0 Å². The Labute approximate surface area is 288 Å². The van der Waals surface area contributed by atoms with Crippen LogP contribution in [0.5, 0.6) is 0 Å². The van der Waals surface area contributed by atoms with Gasteiger partial charge in [0, 0.05) is 13.1 Å². The maximum Gasteiger partial charge on any atom is 0.275 e. The van der Waals surface area contributed by atoms with Crippen LogP contribution in [0.2, 0.25) is 0 Å². The molecule has 0 aromatic carbocycles. The van der Waals surface area contributed by atoms with Crippen LogP contribution in [-0.2, 0) is 9.59 Å². The molecule has 2 amide bonds. The first-order chi connectivity index (χ1) is 22.1. The van der Waals surface area contributed by atoms with E-state index < -0.39 is 0 Å². The van der Waals surface area contributed by atoms with Gasteiger partial charge in [-0.05, 0) is 38.5 Å². The van der Waals surface area contributed by atoms with Crippen molar-refractivity contribution in [2.45, 2.75) is 181 Å². The molecule has 2 N–H and O–H groups in total. The van der Waals surface area contributed by atoms with Crippen molar-refractivity contribution in [2.24, 2.45) is 0 Å². The first-order valence-corrected chi connectivity index (χ1v) is 20.3. The van der Waals surface area contributed by atoms with E-state index in [4.69, 9.17) is 0 Å². The fraction of sp³-hybridized carbons (Fsp3) is 0.950. The molecule has 0 fully saturated rings. The molecule has 0 aliphatic heterocycles. The van der Waals surface area contributed by atoms with Crippen molar-refractivity contribution in [1.29, 1.82) is 0 Å². The summed E-state index contributed by atoms with van der Waals surface area (Å²) in [5, 5.41) is 6.32. The summed E-state index contributed by atoms with van der Waals surface area (Å²) in [6.45, 7) is 9.48. The van der Waals surface area contributed by atoms with Gasteiger partial charge in [0.2, 0.25) is 0 Å². The highest BCUT2D eigenvalue weighted by Crippen LogP contribution is 2.13. The number of quaternary nitrogens is 2. The van der Waals surface area contributed by atoms with Crippen LogP contribution in [0.15, 0.2) is 0 Å². The van der Waals surface area contributed by atoms with Crippen molar-refractivity contribution in [3.63, 3.8) is 0 Å². The molecule has 0 saturated heterocycles. The van der Waals surface area contributed by atoms with Crippen LogP contribution >= 0.6 is 0 Å². The lowest BCUT2D eigenvalue weighted by molar-refractivity contribution is -0.882. The molecule has 0 bridgehead atoms. The molecule has 46 heavy (non-hydrogen) atoms. The minimum atomic E-state index is 0.203. The van der Waals surface area contributed by atoms with Gasteiger partial charge in [-0.25, -0.2) is 0 Å². The average molecular weight is 653 g/mol. The lowest BCUT2D eigenvalue weighted by atomic mass is 10.1. The third-order valence-corrected chi connectivity index (χ3v) is 9.63. The van der Waals surface area contributed by atoms with E-state index in [2.05, 4.69) is 52.7 Å². The van der Waals surface area contributed by atoms with E-state index in [-0.39, 0.29) is 11.8 Å². The first kappa shape index (κ1) is 44.9. The quantitative estimate of drug-likeness (QED) is 0.0529. The molecule has 0 unspecified atom stereocenters. The molecule has 0 heterocycles. The normalized spacial score (nSPS) is 12.0. The molecule has 0 aliphatic rings. The average Bonchev–Trinajstić information content (AvgIpc) is 2.99. The van der Waals surface area contributed by atoms with Crippen molar-refractivity contribution < 1.29 is 18.6 Å². The van der Waals surface area contributed by atoms with Gasteiger partial charge in [-0.3, -0.25) is 9.59 Å². The monoisotopic (exact) mass is 653 g/mol. The maximum atomic E-state index is 12.5. The van der Waals surface area contributed by atoms with E-state index in [0.717, 1.165) is 48.0 Å². The van der Waals surface area contributed by atoms with Gasteiger partial charge in [0.05, 0.1) is 41.3 Å². The standard InChI is InChI=1S/C40H82N4O2/c1-7-9-11-13-15-17-19-21-25-29-33-41-39(45)37-43(3,4)35-31-27-23-24-28-32-36-44(5,6)38-40(46)42-34-30-26-22-20-18-16-14-12-10-8-2/h7-38H2,1-6H3/p+2. The lowest BCUT2D eigenvalue weighted by Gasteiger charge is -2.29. The summed E-state index contributed by atoms with van der Waals surface area (Å²) >= 11 is 0. The number of nitrogens with one attached hydrogen (secondary N) is 2. The lowest BCUT2D eigenvalue weighted by Crippen LogP contribution is -2.48. The summed E-state index contributed by atoms with van der Waals surface area (Å²) in [5.41, 5.74) is 0. The topological polar surface area (TPSA) is 58.2 Å². The van der Waals surface area contributed by atoms with Crippen molar-refractivity contribution >= 4 is 11.8 Å². The highest BCUT2D eigenvalue weighted by atomic mass is 16.2. The Hall–Kier alpha value is -1.14. The second kappa shape index (κ2) is 31.1. The molecule has 0 aliphatic carbocycles. The second-order valence-electron chi connectivity index (χ2n) is 15.8. The Balaban J connectivity index is 3.67. The summed E-state index contributed by atoms with van der Waals surface area (Å²) in [6.07, 6.45) is 33.9. The summed E-state index contributed by atoms with van der Waals surface area (Å²) in [6, 6.07) is 0. The van der Waals surface area contributed by atoms with Crippen LogP contribution in [0.1, 0.15) is 181 Å². The van der Waals surface area contributed by atoms with Gasteiger partial charge in [0.15, 0.2) is 13.1 Å². The molecular weight excluding hydrogens is 568 g/mol. The minimum Gasteiger partial charge on any atom is -0.351 e. The SMILES string of the molecule is CCCCCCCCCCCCNC(=O)C[N+](C)(C)CCCCCCCC[N+](C)(C)CC(=O)NCCCCCCCCCCCC. The second-order valence-corrected chi connectivity index (χ2v) is 15.8. The molecule has 0 saturated carbocycles. The van der Waals surface area contributed by atoms with Crippen LogP contribution < -0.4 is 10.6 Å². The van der Waals surface area contributed by atoms with Gasteiger partial charge in [-0.1, -0.05) is 142 Å². The first-order valence-electron chi connectivity index (χ1n) is 20.3. The van der Waals surface area contributed by atoms with Crippen molar-refractivity contribution in [1.82, 2.24) is 10.6 Å². The molecule has 274 valence electrons. The van der Waals surface area contributed by atoms with Gasteiger partial charge in [-0.15, -0.1) is 0 Å². The van der Waals surface area contributed by atoms with Crippen LogP contribution in [0.3, 0.4) is 0 Å². The van der Waals surface area contributed by atoms with Crippen LogP contribution in [0.25, 0.3) is 0 Å². The zero-order valence-corrected chi connectivity index (χ0v) is 32.3. The number of unbranched alkanes of at least 4 members (excludes halogenated alkanes) is 23. The van der Waals surface area contributed by atoms with Crippen LogP contribution in [0.4, 0.5) is 0 Å². The molecule has 0 rings (SSSR count). The molecule has 6 nitrogen and oxygen atoms in total. The molecule has 0 aromatic heterocycles. The fourth-order valence-electron chi connectivity index (χ4n) is 6.51. The predicted octanol–water partition coefficient (Wildman–Crippen LogP) is 9.55. The van der Waals surface area contributed by atoms with E-state index >= 15 is 0 Å². The van der Waals surface area contributed by atoms with Crippen molar-refractivity contribution in [2.75, 3.05) is 67.5 Å². The predicted molar refractivity (Wildman–Crippen MR) is 201 cm³/mol. The zero-order valence-electron chi connectivity index (χ0n) is 32.3. The van der Waals surface area contributed by atoms with Gasteiger partial charge >= 0.3 is 0 Å². The number of hydrogen-bond donors (Lipinski definition) is 2. The number of likely N-dealkylation sites (N-methyl/N-ethyl adjacent to an activating group) is 2. The Morgan fingerprint density at radius 3 is 0.891 bits per heavy atom. The van der Waals surface area contributed by atoms with E-state index in [1.807, 2.05) is 0 Å². The van der Waals surface area contributed by atoms with E-state index in [1.54, 1.807) is 0 Å². The highest BCUT2D eigenvalue weighted by Gasteiger charge is 2.20. The third kappa shape index (κ3) is 32.8. The van der Waals surface area contributed by atoms with E-state index in [0.29, 0.717) is 13.1 Å². The van der Waals surface area contributed by atoms with E-state index in [1.165, 1.54) is 154 Å². The molecule has 0 radical (unpaired) electrons.